The first-order valence-electron chi connectivity index (χ1n) is 6.32. The second-order valence-electron chi connectivity index (χ2n) is 4.79. The molecular weight excluding hydrogens is 196 g/mol. The van der Waals surface area contributed by atoms with E-state index in [-0.39, 0.29) is 0 Å². The van der Waals surface area contributed by atoms with Crippen LogP contribution >= 0.6 is 0 Å². The maximum atomic E-state index is 5.54. The Balaban J connectivity index is 1.98. The zero-order chi connectivity index (χ0) is 11.4. The van der Waals surface area contributed by atoms with E-state index in [1.807, 2.05) is 0 Å². The standard InChI is InChI=1S/C14H22N2/c1-12-10-13-6-2-3-7-14(13)11-16(12)9-5-4-8-15/h2-3,6-7,12H,4-5,8-11,15H2,1H3. The molecule has 0 aromatic heterocycles. The lowest BCUT2D eigenvalue weighted by molar-refractivity contribution is 0.181. The Labute approximate surface area is 98.4 Å². The predicted octanol–water partition coefficient (Wildman–Crippen LogP) is 2.17. The molecule has 2 nitrogen and oxygen atoms in total. The van der Waals surface area contributed by atoms with E-state index in [0.29, 0.717) is 6.04 Å². The van der Waals surface area contributed by atoms with Gasteiger partial charge in [-0.15, -0.1) is 0 Å². The van der Waals surface area contributed by atoms with Crippen molar-refractivity contribution in [3.8, 4) is 0 Å². The van der Waals surface area contributed by atoms with Crippen molar-refractivity contribution in [2.24, 2.45) is 5.73 Å². The lowest BCUT2D eigenvalue weighted by atomic mass is 9.95. The Morgan fingerprint density at radius 2 is 2.00 bits per heavy atom. The summed E-state index contributed by atoms with van der Waals surface area (Å²) < 4.78 is 0. The van der Waals surface area contributed by atoms with Crippen LogP contribution in [0.3, 0.4) is 0 Å². The zero-order valence-corrected chi connectivity index (χ0v) is 10.2. The summed E-state index contributed by atoms with van der Waals surface area (Å²) in [5.41, 5.74) is 8.58. The van der Waals surface area contributed by atoms with E-state index < -0.39 is 0 Å². The topological polar surface area (TPSA) is 29.3 Å². The van der Waals surface area contributed by atoms with E-state index in [4.69, 9.17) is 5.73 Å². The number of nitrogens with two attached hydrogens (primary N) is 1. The van der Waals surface area contributed by atoms with Crippen molar-refractivity contribution >= 4 is 0 Å². The van der Waals surface area contributed by atoms with Gasteiger partial charge in [0.2, 0.25) is 0 Å². The third kappa shape index (κ3) is 2.63. The van der Waals surface area contributed by atoms with Crippen molar-refractivity contribution in [3.05, 3.63) is 35.4 Å². The molecule has 1 unspecified atom stereocenters. The van der Waals surface area contributed by atoms with Gasteiger partial charge in [0.1, 0.15) is 0 Å². The maximum Gasteiger partial charge on any atom is 0.0239 e. The summed E-state index contributed by atoms with van der Waals surface area (Å²) in [7, 11) is 0. The third-order valence-electron chi connectivity index (χ3n) is 3.53. The molecule has 16 heavy (non-hydrogen) atoms. The molecule has 1 atom stereocenters. The maximum absolute atomic E-state index is 5.54. The van der Waals surface area contributed by atoms with Gasteiger partial charge < -0.3 is 5.73 Å². The molecule has 1 heterocycles. The highest BCUT2D eigenvalue weighted by Crippen LogP contribution is 2.22. The highest BCUT2D eigenvalue weighted by Gasteiger charge is 2.21. The normalized spacial score (nSPS) is 20.8. The molecule has 2 rings (SSSR count). The van der Waals surface area contributed by atoms with Crippen LogP contribution in [0, 0.1) is 0 Å². The Morgan fingerprint density at radius 1 is 1.25 bits per heavy atom. The van der Waals surface area contributed by atoms with Gasteiger partial charge in [-0.2, -0.15) is 0 Å². The van der Waals surface area contributed by atoms with Crippen molar-refractivity contribution in [1.29, 1.82) is 0 Å². The molecule has 2 N–H and O–H groups in total. The van der Waals surface area contributed by atoms with Gasteiger partial charge in [-0.25, -0.2) is 0 Å². The average molecular weight is 218 g/mol. The van der Waals surface area contributed by atoms with E-state index >= 15 is 0 Å². The summed E-state index contributed by atoms with van der Waals surface area (Å²) in [4.78, 5) is 2.58. The number of unbranched alkanes of at least 4 members (excludes halogenated alkanes) is 1. The van der Waals surface area contributed by atoms with Gasteiger partial charge in [0, 0.05) is 12.6 Å². The Morgan fingerprint density at radius 3 is 2.75 bits per heavy atom. The number of hydrogen-bond acceptors (Lipinski definition) is 2. The first-order chi connectivity index (χ1) is 7.81. The van der Waals surface area contributed by atoms with E-state index in [9.17, 15) is 0 Å². The first kappa shape index (κ1) is 11.6. The van der Waals surface area contributed by atoms with Gasteiger partial charge in [-0.3, -0.25) is 4.90 Å². The molecule has 1 aliphatic heterocycles. The number of nitrogens with zero attached hydrogens (tertiary/aromatic N) is 1. The Kier molecular flexibility index (Phi) is 3.97. The van der Waals surface area contributed by atoms with Crippen LogP contribution < -0.4 is 5.73 Å². The minimum atomic E-state index is 0.674. The molecule has 0 saturated carbocycles. The summed E-state index contributed by atoms with van der Waals surface area (Å²) in [5.74, 6) is 0. The van der Waals surface area contributed by atoms with E-state index in [1.165, 1.54) is 30.5 Å². The lowest BCUT2D eigenvalue weighted by Gasteiger charge is -2.34. The lowest BCUT2D eigenvalue weighted by Crippen LogP contribution is -2.39. The second-order valence-corrected chi connectivity index (χ2v) is 4.79. The smallest absolute Gasteiger partial charge is 0.0239 e. The quantitative estimate of drug-likeness (QED) is 0.785. The van der Waals surface area contributed by atoms with Crippen molar-refractivity contribution < 1.29 is 0 Å². The van der Waals surface area contributed by atoms with Crippen LogP contribution in [-0.4, -0.2) is 24.0 Å². The molecule has 2 heteroatoms. The van der Waals surface area contributed by atoms with E-state index in [1.54, 1.807) is 0 Å². The van der Waals surface area contributed by atoms with Crippen LogP contribution in [0.5, 0.6) is 0 Å². The molecular formula is C14H22N2. The number of benzene rings is 1. The van der Waals surface area contributed by atoms with E-state index in [2.05, 4.69) is 36.1 Å². The fourth-order valence-corrected chi connectivity index (χ4v) is 2.49. The molecule has 88 valence electrons. The SMILES string of the molecule is CC1Cc2ccccc2CN1CCCCN. The number of fused-ring (bicyclic) bond motifs is 1. The fraction of sp³-hybridized carbons (Fsp3) is 0.571. The van der Waals surface area contributed by atoms with Gasteiger partial charge in [0.15, 0.2) is 0 Å². The van der Waals surface area contributed by atoms with E-state index in [0.717, 1.165) is 19.5 Å². The molecule has 0 saturated heterocycles. The summed E-state index contributed by atoms with van der Waals surface area (Å²) in [5, 5.41) is 0. The minimum absolute atomic E-state index is 0.674. The van der Waals surface area contributed by atoms with Crippen LogP contribution in [-0.2, 0) is 13.0 Å². The highest BCUT2D eigenvalue weighted by molar-refractivity contribution is 5.29. The van der Waals surface area contributed by atoms with Crippen molar-refractivity contribution in [1.82, 2.24) is 4.90 Å². The van der Waals surface area contributed by atoms with Crippen molar-refractivity contribution in [2.45, 2.75) is 38.8 Å². The molecule has 1 aromatic rings. The fourth-order valence-electron chi connectivity index (χ4n) is 2.49. The average Bonchev–Trinajstić information content (AvgIpc) is 2.30. The Bertz CT molecular complexity index is 335. The number of hydrogen-bond donors (Lipinski definition) is 1. The van der Waals surface area contributed by atoms with Crippen LogP contribution in [0.2, 0.25) is 0 Å². The third-order valence-corrected chi connectivity index (χ3v) is 3.53. The van der Waals surface area contributed by atoms with Crippen LogP contribution in [0.15, 0.2) is 24.3 Å². The summed E-state index contributed by atoms with van der Waals surface area (Å²) in [6.07, 6.45) is 3.56. The van der Waals surface area contributed by atoms with Crippen LogP contribution in [0.4, 0.5) is 0 Å². The van der Waals surface area contributed by atoms with Gasteiger partial charge in [-0.05, 0) is 50.4 Å². The highest BCUT2D eigenvalue weighted by atomic mass is 15.2. The van der Waals surface area contributed by atoms with Crippen molar-refractivity contribution in [2.75, 3.05) is 13.1 Å². The summed E-state index contributed by atoms with van der Waals surface area (Å²) >= 11 is 0. The zero-order valence-electron chi connectivity index (χ0n) is 10.2. The summed E-state index contributed by atoms with van der Waals surface area (Å²) in [6.45, 7) is 5.45. The molecule has 0 spiro atoms. The van der Waals surface area contributed by atoms with Crippen molar-refractivity contribution in [3.63, 3.8) is 0 Å². The molecule has 0 radical (unpaired) electrons. The summed E-state index contributed by atoms with van der Waals surface area (Å²) in [6, 6.07) is 9.50. The van der Waals surface area contributed by atoms with Gasteiger partial charge >= 0.3 is 0 Å². The van der Waals surface area contributed by atoms with Crippen LogP contribution in [0.25, 0.3) is 0 Å². The second kappa shape index (κ2) is 5.46. The predicted molar refractivity (Wildman–Crippen MR) is 68.3 cm³/mol. The molecule has 0 aliphatic carbocycles. The largest absolute Gasteiger partial charge is 0.330 e. The van der Waals surface area contributed by atoms with Crippen LogP contribution in [0.1, 0.15) is 30.9 Å². The molecule has 0 fully saturated rings. The first-order valence-corrected chi connectivity index (χ1v) is 6.32. The molecule has 0 amide bonds. The van der Waals surface area contributed by atoms with Gasteiger partial charge in [0.05, 0.1) is 0 Å². The molecule has 0 bridgehead atoms. The minimum Gasteiger partial charge on any atom is -0.330 e. The van der Waals surface area contributed by atoms with Gasteiger partial charge in [0.25, 0.3) is 0 Å². The Hall–Kier alpha value is -0.860. The molecule has 1 aliphatic rings. The number of rotatable bonds is 4. The van der Waals surface area contributed by atoms with Gasteiger partial charge in [-0.1, -0.05) is 24.3 Å². The monoisotopic (exact) mass is 218 g/mol. The molecule has 1 aromatic carbocycles.